The molecule has 0 amide bonds. The van der Waals surface area contributed by atoms with Crippen LogP contribution < -0.4 is 5.32 Å². The molecule has 0 aliphatic rings. The molecule has 18 heavy (non-hydrogen) atoms. The van der Waals surface area contributed by atoms with Crippen LogP contribution in [0.1, 0.15) is 28.7 Å². The maximum atomic E-state index is 5.87. The van der Waals surface area contributed by atoms with Crippen molar-refractivity contribution in [3.8, 4) is 0 Å². The van der Waals surface area contributed by atoms with E-state index in [2.05, 4.69) is 30.3 Å². The van der Waals surface area contributed by atoms with E-state index in [0.717, 1.165) is 19.6 Å². The summed E-state index contributed by atoms with van der Waals surface area (Å²) in [7, 11) is 0. The first-order valence-corrected chi connectivity index (χ1v) is 7.35. The summed E-state index contributed by atoms with van der Waals surface area (Å²) in [6, 6.07) is 2.26. The van der Waals surface area contributed by atoms with Gasteiger partial charge in [-0.3, -0.25) is 4.68 Å². The van der Waals surface area contributed by atoms with E-state index < -0.39 is 0 Å². The summed E-state index contributed by atoms with van der Waals surface area (Å²) < 4.78 is 1.88. The third kappa shape index (κ3) is 3.57. The summed E-state index contributed by atoms with van der Waals surface area (Å²) in [4.78, 5) is 2.74. The fourth-order valence-electron chi connectivity index (χ4n) is 1.82. The van der Waals surface area contributed by atoms with Crippen molar-refractivity contribution in [2.24, 2.45) is 0 Å². The number of hydrogen-bond acceptors (Lipinski definition) is 3. The third-order valence-corrected chi connectivity index (χ3v) is 4.02. The summed E-state index contributed by atoms with van der Waals surface area (Å²) in [6.45, 7) is 7.16. The Morgan fingerprint density at radius 2 is 2.33 bits per heavy atom. The van der Waals surface area contributed by atoms with Gasteiger partial charge in [-0.2, -0.15) is 5.10 Å². The molecule has 0 spiro atoms. The van der Waals surface area contributed by atoms with Crippen molar-refractivity contribution in [1.82, 2.24) is 15.1 Å². The molecule has 0 saturated heterocycles. The number of nitrogens with one attached hydrogen (secondary N) is 1. The molecule has 2 rings (SSSR count). The van der Waals surface area contributed by atoms with Gasteiger partial charge in [-0.05, 0) is 31.5 Å². The monoisotopic (exact) mass is 283 g/mol. The van der Waals surface area contributed by atoms with Crippen LogP contribution in [0.2, 0.25) is 5.02 Å². The normalized spacial score (nSPS) is 11.1. The van der Waals surface area contributed by atoms with Crippen LogP contribution in [0.5, 0.6) is 0 Å². The van der Waals surface area contributed by atoms with Crippen LogP contribution in [0, 0.1) is 6.92 Å². The second-order valence-electron chi connectivity index (χ2n) is 4.33. The van der Waals surface area contributed by atoms with Gasteiger partial charge in [-0.15, -0.1) is 11.3 Å². The highest BCUT2D eigenvalue weighted by Crippen LogP contribution is 2.22. The Bertz CT molecular complexity index is 504. The molecule has 0 saturated carbocycles. The first-order chi connectivity index (χ1) is 8.69. The number of halogens is 1. The van der Waals surface area contributed by atoms with Crippen LogP contribution in [0.4, 0.5) is 0 Å². The number of thiophene rings is 1. The highest BCUT2D eigenvalue weighted by molar-refractivity contribution is 7.12. The summed E-state index contributed by atoms with van der Waals surface area (Å²) in [5, 5.41) is 8.33. The van der Waals surface area contributed by atoms with Gasteiger partial charge in [0.15, 0.2) is 0 Å². The molecule has 98 valence electrons. The molecule has 5 heteroatoms. The Morgan fingerprint density at radius 1 is 1.50 bits per heavy atom. The minimum atomic E-state index is 0.688. The number of aryl methyl sites for hydroxylation is 1. The van der Waals surface area contributed by atoms with Crippen molar-refractivity contribution in [3.63, 3.8) is 0 Å². The molecule has 0 unspecified atom stereocenters. The summed E-state index contributed by atoms with van der Waals surface area (Å²) >= 11 is 7.72. The average molecular weight is 284 g/mol. The Kier molecular flexibility index (Phi) is 4.80. The highest BCUT2D eigenvalue weighted by atomic mass is 35.5. The molecule has 0 atom stereocenters. The topological polar surface area (TPSA) is 29.9 Å². The zero-order valence-electron chi connectivity index (χ0n) is 10.7. The first-order valence-electron chi connectivity index (χ1n) is 6.16. The molecule has 3 nitrogen and oxygen atoms in total. The summed E-state index contributed by atoms with van der Waals surface area (Å²) in [6.07, 6.45) is 4.70. The van der Waals surface area contributed by atoms with Gasteiger partial charge in [0, 0.05) is 22.5 Å². The van der Waals surface area contributed by atoms with Gasteiger partial charge in [0.25, 0.3) is 0 Å². The van der Waals surface area contributed by atoms with Gasteiger partial charge in [0.05, 0.1) is 17.8 Å². The lowest BCUT2D eigenvalue weighted by Crippen LogP contribution is -2.12. The van der Waals surface area contributed by atoms with E-state index in [1.807, 2.05) is 22.2 Å². The highest BCUT2D eigenvalue weighted by Gasteiger charge is 2.06. The molecule has 0 aromatic carbocycles. The SMILES string of the molecule is CCCNCc1cc(Cn2cc(Cl)cn2)c(C)s1. The van der Waals surface area contributed by atoms with E-state index in [4.69, 9.17) is 11.6 Å². The smallest absolute Gasteiger partial charge is 0.0785 e. The van der Waals surface area contributed by atoms with Gasteiger partial charge in [-0.25, -0.2) is 0 Å². The number of nitrogens with zero attached hydrogens (tertiary/aromatic N) is 2. The minimum absolute atomic E-state index is 0.688. The molecule has 0 aliphatic heterocycles. The predicted octanol–water partition coefficient (Wildman–Crippen LogP) is 3.45. The van der Waals surface area contributed by atoms with Crippen molar-refractivity contribution >= 4 is 22.9 Å². The summed E-state index contributed by atoms with van der Waals surface area (Å²) in [5.74, 6) is 0. The molecular formula is C13H18ClN3S. The average Bonchev–Trinajstić information content (AvgIpc) is 2.88. The molecule has 2 aromatic rings. The van der Waals surface area contributed by atoms with Gasteiger partial charge in [-0.1, -0.05) is 18.5 Å². The minimum Gasteiger partial charge on any atom is -0.312 e. The number of rotatable bonds is 6. The van der Waals surface area contributed by atoms with Crippen molar-refractivity contribution in [2.75, 3.05) is 6.54 Å². The van der Waals surface area contributed by atoms with Crippen LogP contribution in [-0.4, -0.2) is 16.3 Å². The van der Waals surface area contributed by atoms with Gasteiger partial charge >= 0.3 is 0 Å². The zero-order chi connectivity index (χ0) is 13.0. The van der Waals surface area contributed by atoms with Crippen molar-refractivity contribution in [3.05, 3.63) is 38.8 Å². The molecule has 2 aromatic heterocycles. The van der Waals surface area contributed by atoms with Crippen molar-refractivity contribution in [1.29, 1.82) is 0 Å². The zero-order valence-corrected chi connectivity index (χ0v) is 12.3. The summed E-state index contributed by atoms with van der Waals surface area (Å²) in [5.41, 5.74) is 1.33. The van der Waals surface area contributed by atoms with Crippen molar-refractivity contribution < 1.29 is 0 Å². The lowest BCUT2D eigenvalue weighted by atomic mass is 10.2. The Morgan fingerprint density at radius 3 is 3.00 bits per heavy atom. The molecule has 0 fully saturated rings. The van der Waals surface area contributed by atoms with E-state index in [1.54, 1.807) is 6.20 Å². The third-order valence-electron chi connectivity index (χ3n) is 2.73. The van der Waals surface area contributed by atoms with E-state index in [-0.39, 0.29) is 0 Å². The van der Waals surface area contributed by atoms with E-state index >= 15 is 0 Å². The lowest BCUT2D eigenvalue weighted by Gasteiger charge is -2.00. The van der Waals surface area contributed by atoms with Crippen LogP contribution in [0.3, 0.4) is 0 Å². The Balaban J connectivity index is 2.00. The lowest BCUT2D eigenvalue weighted by molar-refractivity contribution is 0.675. The first kappa shape index (κ1) is 13.6. The molecule has 0 radical (unpaired) electrons. The van der Waals surface area contributed by atoms with Gasteiger partial charge in [0.1, 0.15) is 0 Å². The maximum absolute atomic E-state index is 5.87. The maximum Gasteiger partial charge on any atom is 0.0785 e. The Hall–Kier alpha value is -0.840. The largest absolute Gasteiger partial charge is 0.312 e. The standard InChI is InChI=1S/C13H18ClN3S/c1-3-4-15-7-13-5-11(10(2)18-13)8-17-9-12(14)6-16-17/h5-6,9,15H,3-4,7-8H2,1-2H3. The molecule has 1 N–H and O–H groups in total. The van der Waals surface area contributed by atoms with Gasteiger partial charge < -0.3 is 5.32 Å². The molecule has 2 heterocycles. The van der Waals surface area contributed by atoms with E-state index in [0.29, 0.717) is 5.02 Å². The quantitative estimate of drug-likeness (QED) is 0.823. The molecular weight excluding hydrogens is 266 g/mol. The predicted molar refractivity (Wildman–Crippen MR) is 77.4 cm³/mol. The van der Waals surface area contributed by atoms with Crippen LogP contribution in [0.15, 0.2) is 18.5 Å². The number of hydrogen-bond donors (Lipinski definition) is 1. The van der Waals surface area contributed by atoms with Crippen molar-refractivity contribution in [2.45, 2.75) is 33.4 Å². The fraction of sp³-hybridized carbons (Fsp3) is 0.462. The van der Waals surface area contributed by atoms with Crippen LogP contribution in [0.25, 0.3) is 0 Å². The second-order valence-corrected chi connectivity index (χ2v) is 6.10. The van der Waals surface area contributed by atoms with E-state index in [1.165, 1.54) is 21.7 Å². The Labute approximate surface area is 117 Å². The molecule has 0 bridgehead atoms. The van der Waals surface area contributed by atoms with Crippen LogP contribution in [-0.2, 0) is 13.1 Å². The number of aromatic nitrogens is 2. The molecule has 0 aliphatic carbocycles. The van der Waals surface area contributed by atoms with Crippen LogP contribution >= 0.6 is 22.9 Å². The fourth-order valence-corrected chi connectivity index (χ4v) is 3.00. The van der Waals surface area contributed by atoms with Gasteiger partial charge in [0.2, 0.25) is 0 Å². The van der Waals surface area contributed by atoms with E-state index in [9.17, 15) is 0 Å². The second kappa shape index (κ2) is 6.36.